The van der Waals surface area contributed by atoms with Crippen LogP contribution in [0, 0.1) is 0 Å². The van der Waals surface area contributed by atoms with Gasteiger partial charge in [-0.1, -0.05) is 52.1 Å². The summed E-state index contributed by atoms with van der Waals surface area (Å²) in [5.41, 5.74) is 2.14. The number of rotatable bonds is 8. The van der Waals surface area contributed by atoms with Crippen molar-refractivity contribution in [1.29, 1.82) is 0 Å². The molecule has 3 rings (SSSR count). The van der Waals surface area contributed by atoms with Gasteiger partial charge >= 0.3 is 0 Å². The first-order chi connectivity index (χ1) is 13.1. The van der Waals surface area contributed by atoms with Gasteiger partial charge in [-0.05, 0) is 61.8 Å². The van der Waals surface area contributed by atoms with Crippen LogP contribution in [-0.4, -0.2) is 30.6 Å². The van der Waals surface area contributed by atoms with Crippen LogP contribution >= 0.6 is 39.1 Å². The molecule has 0 bridgehead atoms. The molecule has 1 atom stereocenters. The van der Waals surface area contributed by atoms with E-state index in [0.29, 0.717) is 22.7 Å². The van der Waals surface area contributed by atoms with Gasteiger partial charge in [-0.15, -0.1) is 0 Å². The molecule has 27 heavy (non-hydrogen) atoms. The SMILES string of the molecule is CCN1CCCC1CNCc1cc(Br)ccc1OCc1ccc(Cl)c(Cl)c1. The highest BCUT2D eigenvalue weighted by Crippen LogP contribution is 2.26. The van der Waals surface area contributed by atoms with Crippen LogP contribution in [-0.2, 0) is 13.2 Å². The topological polar surface area (TPSA) is 24.5 Å². The van der Waals surface area contributed by atoms with Crippen molar-refractivity contribution in [2.24, 2.45) is 0 Å². The molecule has 1 heterocycles. The number of halogens is 3. The highest BCUT2D eigenvalue weighted by atomic mass is 79.9. The first kappa shape index (κ1) is 20.9. The van der Waals surface area contributed by atoms with E-state index in [0.717, 1.165) is 41.0 Å². The molecule has 2 aromatic carbocycles. The van der Waals surface area contributed by atoms with Gasteiger partial charge in [0.05, 0.1) is 10.0 Å². The number of hydrogen-bond acceptors (Lipinski definition) is 3. The van der Waals surface area contributed by atoms with Crippen molar-refractivity contribution < 1.29 is 4.74 Å². The van der Waals surface area contributed by atoms with Crippen molar-refractivity contribution in [2.75, 3.05) is 19.6 Å². The van der Waals surface area contributed by atoms with Gasteiger partial charge in [0.2, 0.25) is 0 Å². The fraction of sp³-hybridized carbons (Fsp3) is 0.429. The van der Waals surface area contributed by atoms with Crippen molar-refractivity contribution in [3.05, 3.63) is 62.0 Å². The van der Waals surface area contributed by atoms with Crippen LogP contribution in [0.3, 0.4) is 0 Å². The lowest BCUT2D eigenvalue weighted by Crippen LogP contribution is -2.37. The van der Waals surface area contributed by atoms with E-state index in [4.69, 9.17) is 27.9 Å². The molecule has 3 nitrogen and oxygen atoms in total. The Kier molecular flexibility index (Phi) is 7.86. The molecule has 1 aliphatic rings. The lowest BCUT2D eigenvalue weighted by atomic mass is 10.1. The van der Waals surface area contributed by atoms with E-state index in [1.165, 1.54) is 19.4 Å². The van der Waals surface area contributed by atoms with Crippen molar-refractivity contribution in [3.8, 4) is 5.75 Å². The summed E-state index contributed by atoms with van der Waals surface area (Å²) in [6, 6.07) is 12.3. The Hall–Kier alpha value is -0.780. The van der Waals surface area contributed by atoms with Crippen molar-refractivity contribution >= 4 is 39.1 Å². The van der Waals surface area contributed by atoms with Gasteiger partial charge in [0.25, 0.3) is 0 Å². The Morgan fingerprint density at radius 1 is 1.19 bits per heavy atom. The Bertz CT molecular complexity index is 772. The summed E-state index contributed by atoms with van der Waals surface area (Å²) in [5.74, 6) is 0.885. The molecule has 1 saturated heterocycles. The fourth-order valence-corrected chi connectivity index (χ4v) is 4.26. The first-order valence-corrected chi connectivity index (χ1v) is 10.9. The van der Waals surface area contributed by atoms with Crippen molar-refractivity contribution in [1.82, 2.24) is 10.2 Å². The molecule has 0 aromatic heterocycles. The Labute approximate surface area is 180 Å². The summed E-state index contributed by atoms with van der Waals surface area (Å²) in [6.07, 6.45) is 2.58. The third-order valence-electron chi connectivity index (χ3n) is 5.00. The van der Waals surface area contributed by atoms with Crippen LogP contribution in [0.4, 0.5) is 0 Å². The van der Waals surface area contributed by atoms with Crippen LogP contribution in [0.5, 0.6) is 5.75 Å². The minimum absolute atomic E-state index is 0.456. The fourth-order valence-electron chi connectivity index (χ4n) is 3.53. The second-order valence-electron chi connectivity index (χ2n) is 6.84. The second-order valence-corrected chi connectivity index (χ2v) is 8.57. The van der Waals surface area contributed by atoms with E-state index in [-0.39, 0.29) is 0 Å². The number of hydrogen-bond donors (Lipinski definition) is 1. The predicted molar refractivity (Wildman–Crippen MR) is 117 cm³/mol. The lowest BCUT2D eigenvalue weighted by molar-refractivity contribution is 0.259. The van der Waals surface area contributed by atoms with Crippen molar-refractivity contribution in [2.45, 2.75) is 39.0 Å². The number of likely N-dealkylation sites (tertiary alicyclic amines) is 1. The monoisotopic (exact) mass is 470 g/mol. The maximum atomic E-state index is 6.09. The van der Waals surface area contributed by atoms with Gasteiger partial charge in [0.15, 0.2) is 0 Å². The van der Waals surface area contributed by atoms with Gasteiger partial charge < -0.3 is 10.1 Å². The van der Waals surface area contributed by atoms with Gasteiger partial charge in [-0.25, -0.2) is 0 Å². The standard InChI is InChI=1S/C21H25BrCl2N2O/c1-2-26-9-3-4-18(26)13-25-12-16-11-17(22)6-8-21(16)27-14-15-5-7-19(23)20(24)10-15/h5-8,10-11,18,25H,2-4,9,12-14H2,1H3. The molecule has 0 radical (unpaired) electrons. The first-order valence-electron chi connectivity index (χ1n) is 9.36. The molecule has 2 aromatic rings. The summed E-state index contributed by atoms with van der Waals surface area (Å²) >= 11 is 15.6. The number of nitrogens with one attached hydrogen (secondary N) is 1. The molecule has 0 saturated carbocycles. The Morgan fingerprint density at radius 3 is 2.81 bits per heavy atom. The zero-order valence-corrected chi connectivity index (χ0v) is 18.6. The molecule has 0 aliphatic carbocycles. The molecule has 146 valence electrons. The molecule has 0 spiro atoms. The van der Waals surface area contributed by atoms with Gasteiger partial charge in [0.1, 0.15) is 12.4 Å². The smallest absolute Gasteiger partial charge is 0.124 e. The summed E-state index contributed by atoms with van der Waals surface area (Å²) in [5, 5.41) is 4.72. The highest BCUT2D eigenvalue weighted by Gasteiger charge is 2.22. The number of benzene rings is 2. The average molecular weight is 472 g/mol. The maximum Gasteiger partial charge on any atom is 0.124 e. The van der Waals surface area contributed by atoms with Crippen LogP contribution < -0.4 is 10.1 Å². The third kappa shape index (κ3) is 5.85. The molecule has 1 N–H and O–H groups in total. The minimum atomic E-state index is 0.456. The normalized spacial score (nSPS) is 17.4. The molecular weight excluding hydrogens is 447 g/mol. The van der Waals surface area contributed by atoms with E-state index < -0.39 is 0 Å². The Balaban J connectivity index is 1.59. The quantitative estimate of drug-likeness (QED) is 0.517. The maximum absolute atomic E-state index is 6.09. The molecule has 1 fully saturated rings. The molecule has 0 amide bonds. The zero-order chi connectivity index (χ0) is 19.2. The van der Waals surface area contributed by atoms with Gasteiger partial charge in [-0.2, -0.15) is 0 Å². The van der Waals surface area contributed by atoms with Crippen LogP contribution in [0.2, 0.25) is 10.0 Å². The Morgan fingerprint density at radius 2 is 2.04 bits per heavy atom. The summed E-state index contributed by atoms with van der Waals surface area (Å²) in [7, 11) is 0. The van der Waals surface area contributed by atoms with Gasteiger partial charge in [0, 0.05) is 29.2 Å². The molecule has 6 heteroatoms. The van der Waals surface area contributed by atoms with Crippen molar-refractivity contribution in [3.63, 3.8) is 0 Å². The summed E-state index contributed by atoms with van der Waals surface area (Å²) in [6.45, 7) is 6.83. The van der Waals surface area contributed by atoms with Crippen LogP contribution in [0.15, 0.2) is 40.9 Å². The third-order valence-corrected chi connectivity index (χ3v) is 6.23. The lowest BCUT2D eigenvalue weighted by Gasteiger charge is -2.23. The predicted octanol–water partition coefficient (Wildman–Crippen LogP) is 5.91. The largest absolute Gasteiger partial charge is 0.489 e. The second kappa shape index (κ2) is 10.1. The number of nitrogens with zero attached hydrogens (tertiary/aromatic N) is 1. The summed E-state index contributed by atoms with van der Waals surface area (Å²) < 4.78 is 7.12. The van der Waals surface area contributed by atoms with E-state index >= 15 is 0 Å². The number of likely N-dealkylation sites (N-methyl/N-ethyl adjacent to an activating group) is 1. The molecule has 1 unspecified atom stereocenters. The average Bonchev–Trinajstić information content (AvgIpc) is 3.11. The molecule has 1 aliphatic heterocycles. The molecular formula is C21H25BrCl2N2O. The van der Waals surface area contributed by atoms with Crippen LogP contribution in [0.25, 0.3) is 0 Å². The van der Waals surface area contributed by atoms with E-state index in [1.807, 2.05) is 24.3 Å². The van der Waals surface area contributed by atoms with Crippen LogP contribution in [0.1, 0.15) is 30.9 Å². The highest BCUT2D eigenvalue weighted by molar-refractivity contribution is 9.10. The van der Waals surface area contributed by atoms with E-state index in [1.54, 1.807) is 6.07 Å². The summed E-state index contributed by atoms with van der Waals surface area (Å²) in [4.78, 5) is 2.55. The van der Waals surface area contributed by atoms with E-state index in [2.05, 4.69) is 39.1 Å². The minimum Gasteiger partial charge on any atom is -0.489 e. The number of ether oxygens (including phenoxy) is 1. The zero-order valence-electron chi connectivity index (χ0n) is 15.5. The van der Waals surface area contributed by atoms with Gasteiger partial charge in [-0.3, -0.25) is 4.90 Å². The van der Waals surface area contributed by atoms with E-state index in [9.17, 15) is 0 Å².